The highest BCUT2D eigenvalue weighted by atomic mass is 32.3. The Morgan fingerprint density at radius 2 is 1.65 bits per heavy atom. The molecule has 12 heteroatoms. The summed E-state index contributed by atoms with van der Waals surface area (Å²) in [6, 6.07) is 5.27. The van der Waals surface area contributed by atoms with Gasteiger partial charge >= 0.3 is 15.6 Å². The van der Waals surface area contributed by atoms with Gasteiger partial charge in [0.1, 0.15) is 0 Å². The van der Waals surface area contributed by atoms with Crippen molar-refractivity contribution in [1.82, 2.24) is 0 Å². The molecule has 1 aromatic carbocycles. The fraction of sp³-hybridized carbons (Fsp3) is 0.571. The smallest absolute Gasteiger partial charge is 0.258 e. The SMILES string of the molecule is CC([Si](C)(C)C)S(C)(Cc1ccc([N+](=O)[O-])cc1)OS(=O)(=O)C(F)(F)F. The first kappa shape index (κ1) is 22.9. The number of hydrogen-bond donors (Lipinski definition) is 0. The molecule has 0 aromatic heterocycles. The standard InChI is InChI=1S/C14H22F3NO5S2Si/c1-11(26(3,4)5)24(2,23-25(21,22)14(15,16)17)10-12-6-8-13(9-7-12)18(19)20/h6-9,11H,10H2,1-5H3. The van der Waals surface area contributed by atoms with Crippen molar-refractivity contribution >= 4 is 34.2 Å². The molecule has 0 radical (unpaired) electrons. The van der Waals surface area contributed by atoms with Crippen LogP contribution in [-0.4, -0.2) is 38.1 Å². The fourth-order valence-corrected chi connectivity index (χ4v) is 12.5. The van der Waals surface area contributed by atoms with Crippen LogP contribution in [0.4, 0.5) is 18.9 Å². The summed E-state index contributed by atoms with van der Waals surface area (Å²) >= 11 is 0. The van der Waals surface area contributed by atoms with Crippen LogP contribution >= 0.6 is 10.3 Å². The summed E-state index contributed by atoms with van der Waals surface area (Å²) in [4.78, 5) is 9.76. The van der Waals surface area contributed by atoms with Crippen molar-refractivity contribution in [2.75, 3.05) is 6.26 Å². The lowest BCUT2D eigenvalue weighted by Gasteiger charge is -2.45. The Hall–Kier alpha value is -1.11. The molecule has 0 aliphatic rings. The summed E-state index contributed by atoms with van der Waals surface area (Å²) in [7, 11) is -10.5. The fourth-order valence-electron chi connectivity index (χ4n) is 2.24. The summed E-state index contributed by atoms with van der Waals surface area (Å²) in [6.45, 7) is 7.46. The van der Waals surface area contributed by atoms with Gasteiger partial charge in [0, 0.05) is 22.8 Å². The maximum atomic E-state index is 12.8. The Kier molecular flexibility index (Phi) is 6.60. The van der Waals surface area contributed by atoms with Crippen molar-refractivity contribution in [1.29, 1.82) is 0 Å². The number of hydrogen-bond acceptors (Lipinski definition) is 5. The normalized spacial score (nSPS) is 18.0. The number of benzene rings is 1. The van der Waals surface area contributed by atoms with Crippen molar-refractivity contribution in [2.24, 2.45) is 0 Å². The van der Waals surface area contributed by atoms with Crippen LogP contribution in [0.15, 0.2) is 24.3 Å². The van der Waals surface area contributed by atoms with E-state index in [2.05, 4.69) is 0 Å². The molecule has 0 saturated heterocycles. The predicted molar refractivity (Wildman–Crippen MR) is 99.2 cm³/mol. The quantitative estimate of drug-likeness (QED) is 0.272. The van der Waals surface area contributed by atoms with Gasteiger partial charge in [-0.3, -0.25) is 10.1 Å². The van der Waals surface area contributed by atoms with Crippen LogP contribution in [0, 0.1) is 10.1 Å². The molecule has 0 bridgehead atoms. The average molecular weight is 434 g/mol. The highest BCUT2D eigenvalue weighted by Gasteiger charge is 2.52. The zero-order chi connectivity index (χ0) is 20.6. The second kappa shape index (κ2) is 7.48. The Labute approximate surface area is 153 Å². The molecule has 1 rings (SSSR count). The van der Waals surface area contributed by atoms with Crippen molar-refractivity contribution in [3.05, 3.63) is 39.9 Å². The van der Waals surface area contributed by atoms with Crippen LogP contribution in [0.5, 0.6) is 0 Å². The molecule has 0 aliphatic heterocycles. The van der Waals surface area contributed by atoms with E-state index in [1.165, 1.54) is 30.5 Å². The van der Waals surface area contributed by atoms with Gasteiger partial charge in [-0.25, -0.2) is 3.63 Å². The van der Waals surface area contributed by atoms with Crippen molar-refractivity contribution < 1.29 is 30.1 Å². The van der Waals surface area contributed by atoms with Gasteiger partial charge in [0.25, 0.3) is 5.69 Å². The summed E-state index contributed by atoms with van der Waals surface area (Å²) in [5.74, 6) is -0.0499. The zero-order valence-corrected chi connectivity index (χ0v) is 17.7. The molecular formula is C14H22F3NO5S2Si. The molecular weight excluding hydrogens is 411 g/mol. The first-order valence-corrected chi connectivity index (χ1v) is 14.7. The van der Waals surface area contributed by atoms with E-state index in [1.807, 2.05) is 19.6 Å². The van der Waals surface area contributed by atoms with Crippen molar-refractivity contribution in [3.63, 3.8) is 0 Å². The lowest BCUT2D eigenvalue weighted by atomic mass is 10.2. The van der Waals surface area contributed by atoms with Gasteiger partial charge in [0.05, 0.1) is 13.0 Å². The van der Waals surface area contributed by atoms with Crippen LogP contribution in [0.2, 0.25) is 19.6 Å². The van der Waals surface area contributed by atoms with E-state index in [4.69, 9.17) is 3.63 Å². The number of halogens is 3. The summed E-state index contributed by atoms with van der Waals surface area (Å²) in [6.07, 6.45) is 1.42. The van der Waals surface area contributed by atoms with Gasteiger partial charge in [-0.1, -0.05) is 38.7 Å². The monoisotopic (exact) mass is 433 g/mol. The molecule has 6 nitrogen and oxygen atoms in total. The molecule has 0 heterocycles. The number of nitro groups is 1. The molecule has 2 unspecified atom stereocenters. The molecule has 0 saturated carbocycles. The second-order valence-corrected chi connectivity index (χ2v) is 18.2. The highest BCUT2D eigenvalue weighted by Crippen LogP contribution is 2.58. The molecule has 0 N–H and O–H groups in total. The Balaban J connectivity index is 3.31. The minimum atomic E-state index is -5.75. The number of alkyl halides is 3. The van der Waals surface area contributed by atoms with E-state index in [0.717, 1.165) is 0 Å². The van der Waals surface area contributed by atoms with Crippen molar-refractivity contribution in [3.8, 4) is 0 Å². The molecule has 2 atom stereocenters. The molecule has 26 heavy (non-hydrogen) atoms. The third kappa shape index (κ3) is 5.44. The van der Waals surface area contributed by atoms with Crippen LogP contribution < -0.4 is 0 Å². The van der Waals surface area contributed by atoms with E-state index >= 15 is 0 Å². The maximum absolute atomic E-state index is 12.8. The van der Waals surface area contributed by atoms with Gasteiger partial charge in [-0.15, -0.1) is 10.3 Å². The average Bonchev–Trinajstić information content (AvgIpc) is 2.44. The van der Waals surface area contributed by atoms with Gasteiger partial charge in [0.15, 0.2) is 0 Å². The summed E-state index contributed by atoms with van der Waals surface area (Å²) in [5, 5.41) is 10.7. The predicted octanol–water partition coefficient (Wildman–Crippen LogP) is 4.58. The molecule has 0 amide bonds. The van der Waals surface area contributed by atoms with E-state index in [-0.39, 0.29) is 16.3 Å². The van der Waals surface area contributed by atoms with Gasteiger partial charge in [-0.2, -0.15) is 21.6 Å². The van der Waals surface area contributed by atoms with E-state index in [1.54, 1.807) is 6.92 Å². The van der Waals surface area contributed by atoms with Crippen molar-refractivity contribution in [2.45, 2.75) is 42.7 Å². The lowest BCUT2D eigenvalue weighted by molar-refractivity contribution is -0.384. The lowest BCUT2D eigenvalue weighted by Crippen LogP contribution is -2.42. The third-order valence-electron chi connectivity index (χ3n) is 4.10. The van der Waals surface area contributed by atoms with Gasteiger partial charge in [0.2, 0.25) is 0 Å². The largest absolute Gasteiger partial charge is 0.523 e. The van der Waals surface area contributed by atoms with Crippen LogP contribution in [-0.2, 0) is 19.5 Å². The van der Waals surface area contributed by atoms with Crippen LogP contribution in [0.1, 0.15) is 12.5 Å². The first-order valence-electron chi connectivity index (χ1n) is 7.50. The Morgan fingerprint density at radius 3 is 2.00 bits per heavy atom. The molecule has 1 aromatic rings. The zero-order valence-electron chi connectivity index (χ0n) is 15.0. The number of non-ortho nitro benzene ring substituents is 1. The van der Waals surface area contributed by atoms with Crippen LogP contribution in [0.3, 0.4) is 0 Å². The number of rotatable bonds is 7. The Morgan fingerprint density at radius 1 is 1.19 bits per heavy atom. The minimum absolute atomic E-state index is 0.0499. The van der Waals surface area contributed by atoms with E-state index in [0.29, 0.717) is 5.56 Å². The maximum Gasteiger partial charge on any atom is 0.523 e. The topological polar surface area (TPSA) is 86.5 Å². The molecule has 0 fully saturated rings. The minimum Gasteiger partial charge on any atom is -0.258 e. The van der Waals surface area contributed by atoms with E-state index < -0.39 is 38.9 Å². The number of nitrogens with zero attached hydrogens (tertiary/aromatic N) is 1. The van der Waals surface area contributed by atoms with Crippen LogP contribution in [0.25, 0.3) is 0 Å². The summed E-state index contributed by atoms with van der Waals surface area (Å²) in [5.41, 5.74) is -5.18. The second-order valence-electron chi connectivity index (χ2n) is 7.12. The van der Waals surface area contributed by atoms with E-state index in [9.17, 15) is 31.7 Å². The first-order chi connectivity index (χ1) is 11.5. The molecule has 150 valence electrons. The van der Waals surface area contributed by atoms with Gasteiger partial charge < -0.3 is 0 Å². The Bertz CT molecular complexity index is 762. The van der Waals surface area contributed by atoms with Gasteiger partial charge in [-0.05, 0) is 11.8 Å². The molecule has 0 spiro atoms. The number of nitro benzene ring substituents is 1. The summed E-state index contributed by atoms with van der Waals surface area (Å²) < 4.78 is 66.6. The highest BCUT2D eigenvalue weighted by molar-refractivity contribution is 8.33. The molecule has 0 aliphatic carbocycles. The third-order valence-corrected chi connectivity index (χ3v) is 15.1.